The average molecular weight is 335 g/mol. The van der Waals surface area contributed by atoms with E-state index in [-0.39, 0.29) is 5.56 Å². The predicted molar refractivity (Wildman–Crippen MR) is 91.2 cm³/mol. The van der Waals surface area contributed by atoms with Crippen molar-refractivity contribution in [2.75, 3.05) is 19.7 Å². The molecule has 1 aliphatic heterocycles. The van der Waals surface area contributed by atoms with Crippen LogP contribution in [0, 0.1) is 12.8 Å². The monoisotopic (exact) mass is 335 g/mol. The molecule has 1 aliphatic carbocycles. The van der Waals surface area contributed by atoms with Crippen LogP contribution in [0.3, 0.4) is 0 Å². The van der Waals surface area contributed by atoms with E-state index in [0.717, 1.165) is 44.2 Å². The summed E-state index contributed by atoms with van der Waals surface area (Å²) in [6, 6.07) is 1.66. The molecule has 0 aromatic carbocycles. The topological polar surface area (TPSA) is 62.9 Å². The Bertz CT molecular complexity index is 540. The van der Waals surface area contributed by atoms with Gasteiger partial charge in [0.25, 0.3) is 0 Å². The van der Waals surface area contributed by atoms with Gasteiger partial charge in [-0.3, -0.25) is 4.90 Å². The van der Waals surface area contributed by atoms with Crippen LogP contribution in [0.15, 0.2) is 10.5 Å². The second kappa shape index (κ2) is 8.17. The summed E-state index contributed by atoms with van der Waals surface area (Å²) >= 11 is 0. The summed E-state index contributed by atoms with van der Waals surface area (Å²) in [6.07, 6.45) is 9.30. The molecule has 1 saturated carbocycles. The molecule has 2 heterocycles. The molecule has 0 spiro atoms. The zero-order chi connectivity index (χ0) is 16.9. The second-order valence-corrected chi connectivity index (χ2v) is 7.30. The summed E-state index contributed by atoms with van der Waals surface area (Å²) in [7, 11) is 0. The molecule has 2 aliphatic rings. The minimum Gasteiger partial charge on any atom is -0.478 e. The van der Waals surface area contributed by atoms with E-state index < -0.39 is 5.97 Å². The van der Waals surface area contributed by atoms with Crippen molar-refractivity contribution >= 4 is 5.97 Å². The molecule has 1 saturated heterocycles. The Labute approximate surface area is 144 Å². The molecule has 1 N–H and O–H groups in total. The SMILES string of the molecule is Cc1oc(CN2CCC(OCC3CCCCC3)CC2)cc1C(=O)O. The number of hydrogen-bond acceptors (Lipinski definition) is 4. The van der Waals surface area contributed by atoms with Gasteiger partial charge in [0.05, 0.1) is 12.6 Å². The fourth-order valence-electron chi connectivity index (χ4n) is 3.91. The van der Waals surface area contributed by atoms with E-state index in [1.807, 2.05) is 0 Å². The number of aromatic carboxylic acids is 1. The molecular weight excluding hydrogens is 306 g/mol. The lowest BCUT2D eigenvalue weighted by Gasteiger charge is -2.32. The molecule has 1 aromatic rings. The Morgan fingerprint density at radius 2 is 1.96 bits per heavy atom. The van der Waals surface area contributed by atoms with Gasteiger partial charge in [0.2, 0.25) is 0 Å². The van der Waals surface area contributed by atoms with E-state index in [1.165, 1.54) is 32.1 Å². The zero-order valence-corrected chi connectivity index (χ0v) is 14.6. The average Bonchev–Trinajstić information content (AvgIpc) is 2.96. The molecule has 0 radical (unpaired) electrons. The molecule has 0 unspecified atom stereocenters. The van der Waals surface area contributed by atoms with Gasteiger partial charge in [0.1, 0.15) is 17.1 Å². The van der Waals surface area contributed by atoms with Gasteiger partial charge in [-0.15, -0.1) is 0 Å². The van der Waals surface area contributed by atoms with Gasteiger partial charge in [0.15, 0.2) is 0 Å². The van der Waals surface area contributed by atoms with Gasteiger partial charge < -0.3 is 14.3 Å². The predicted octanol–water partition coefficient (Wildman–Crippen LogP) is 3.85. The van der Waals surface area contributed by atoms with E-state index in [2.05, 4.69) is 4.90 Å². The van der Waals surface area contributed by atoms with Gasteiger partial charge in [-0.05, 0) is 44.6 Å². The van der Waals surface area contributed by atoms with Crippen molar-refractivity contribution in [2.45, 2.75) is 64.5 Å². The number of carbonyl (C=O) groups is 1. The number of piperidine rings is 1. The van der Waals surface area contributed by atoms with Crippen LogP contribution in [0.2, 0.25) is 0 Å². The van der Waals surface area contributed by atoms with Crippen molar-refractivity contribution in [3.05, 3.63) is 23.2 Å². The second-order valence-electron chi connectivity index (χ2n) is 7.30. The van der Waals surface area contributed by atoms with Crippen LogP contribution in [-0.2, 0) is 11.3 Å². The molecule has 0 atom stereocenters. The largest absolute Gasteiger partial charge is 0.478 e. The lowest BCUT2D eigenvalue weighted by atomic mass is 9.90. The molecule has 0 bridgehead atoms. The Balaban J connectivity index is 1.40. The normalized spacial score (nSPS) is 21.2. The standard InChI is InChI=1S/C19H29NO4/c1-14-18(19(21)22)11-17(24-14)12-20-9-7-16(8-10-20)23-13-15-5-3-2-4-6-15/h11,15-16H,2-10,12-13H2,1H3,(H,21,22). The highest BCUT2D eigenvalue weighted by molar-refractivity contribution is 5.88. The number of rotatable bonds is 6. The molecule has 3 rings (SSSR count). The number of furan rings is 1. The molecule has 5 nitrogen and oxygen atoms in total. The first kappa shape index (κ1) is 17.5. The summed E-state index contributed by atoms with van der Waals surface area (Å²) in [5.41, 5.74) is 0.274. The fourth-order valence-corrected chi connectivity index (χ4v) is 3.91. The van der Waals surface area contributed by atoms with Crippen molar-refractivity contribution in [1.29, 1.82) is 0 Å². The third-order valence-corrected chi connectivity index (χ3v) is 5.41. The number of ether oxygens (including phenoxy) is 1. The first-order chi connectivity index (χ1) is 11.6. The van der Waals surface area contributed by atoms with E-state index >= 15 is 0 Å². The van der Waals surface area contributed by atoms with Gasteiger partial charge >= 0.3 is 5.97 Å². The molecule has 134 valence electrons. The van der Waals surface area contributed by atoms with Crippen LogP contribution >= 0.6 is 0 Å². The van der Waals surface area contributed by atoms with Gasteiger partial charge in [0, 0.05) is 19.7 Å². The lowest BCUT2D eigenvalue weighted by molar-refractivity contribution is -0.0166. The summed E-state index contributed by atoms with van der Waals surface area (Å²) in [4.78, 5) is 13.4. The van der Waals surface area contributed by atoms with E-state index in [1.54, 1.807) is 13.0 Å². The number of aryl methyl sites for hydroxylation is 1. The number of carboxylic acids is 1. The molecule has 2 fully saturated rings. The van der Waals surface area contributed by atoms with Crippen LogP contribution in [0.5, 0.6) is 0 Å². The van der Waals surface area contributed by atoms with Gasteiger partial charge in [-0.2, -0.15) is 0 Å². The molecule has 0 amide bonds. The minimum absolute atomic E-state index is 0.274. The van der Waals surface area contributed by atoms with Crippen LogP contribution in [0.25, 0.3) is 0 Å². The Morgan fingerprint density at radius 1 is 1.25 bits per heavy atom. The molecular formula is C19H29NO4. The number of hydrogen-bond donors (Lipinski definition) is 1. The van der Waals surface area contributed by atoms with Gasteiger partial charge in [-0.1, -0.05) is 19.3 Å². The van der Waals surface area contributed by atoms with Crippen LogP contribution in [-0.4, -0.2) is 41.8 Å². The zero-order valence-electron chi connectivity index (χ0n) is 14.6. The van der Waals surface area contributed by atoms with Gasteiger partial charge in [-0.25, -0.2) is 4.79 Å². The maximum Gasteiger partial charge on any atom is 0.339 e. The summed E-state index contributed by atoms with van der Waals surface area (Å²) < 4.78 is 11.7. The fraction of sp³-hybridized carbons (Fsp3) is 0.737. The number of nitrogens with zero attached hydrogens (tertiary/aromatic N) is 1. The van der Waals surface area contributed by atoms with Crippen molar-refractivity contribution in [3.63, 3.8) is 0 Å². The number of likely N-dealkylation sites (tertiary alicyclic amines) is 1. The van der Waals surface area contributed by atoms with Crippen molar-refractivity contribution in [2.24, 2.45) is 5.92 Å². The summed E-state index contributed by atoms with van der Waals surface area (Å²) in [5.74, 6) is 1.09. The quantitative estimate of drug-likeness (QED) is 0.855. The highest BCUT2D eigenvalue weighted by atomic mass is 16.5. The highest BCUT2D eigenvalue weighted by Crippen LogP contribution is 2.25. The smallest absolute Gasteiger partial charge is 0.339 e. The van der Waals surface area contributed by atoms with Crippen LogP contribution < -0.4 is 0 Å². The van der Waals surface area contributed by atoms with Crippen LogP contribution in [0.1, 0.15) is 66.8 Å². The van der Waals surface area contributed by atoms with E-state index in [0.29, 0.717) is 18.4 Å². The maximum absolute atomic E-state index is 11.1. The third kappa shape index (κ3) is 4.61. The first-order valence-electron chi connectivity index (χ1n) is 9.28. The Hall–Kier alpha value is -1.33. The minimum atomic E-state index is -0.919. The Morgan fingerprint density at radius 3 is 2.58 bits per heavy atom. The number of carboxylic acid groups (broad SMARTS) is 1. The van der Waals surface area contributed by atoms with Crippen molar-refractivity contribution in [1.82, 2.24) is 4.90 Å². The highest BCUT2D eigenvalue weighted by Gasteiger charge is 2.23. The maximum atomic E-state index is 11.1. The molecule has 24 heavy (non-hydrogen) atoms. The van der Waals surface area contributed by atoms with E-state index in [4.69, 9.17) is 14.3 Å². The first-order valence-corrected chi connectivity index (χ1v) is 9.28. The van der Waals surface area contributed by atoms with Crippen molar-refractivity contribution in [3.8, 4) is 0 Å². The lowest BCUT2D eigenvalue weighted by Crippen LogP contribution is -2.37. The summed E-state index contributed by atoms with van der Waals surface area (Å²) in [5, 5.41) is 9.10. The molecule has 1 aromatic heterocycles. The molecule has 5 heteroatoms. The van der Waals surface area contributed by atoms with Crippen LogP contribution in [0.4, 0.5) is 0 Å². The van der Waals surface area contributed by atoms with Crippen molar-refractivity contribution < 1.29 is 19.1 Å². The Kier molecular flexibility index (Phi) is 5.95. The van der Waals surface area contributed by atoms with E-state index in [9.17, 15) is 4.79 Å². The summed E-state index contributed by atoms with van der Waals surface area (Å²) in [6.45, 7) is 5.29. The third-order valence-electron chi connectivity index (χ3n) is 5.41.